The summed E-state index contributed by atoms with van der Waals surface area (Å²) >= 11 is 0. The van der Waals surface area contributed by atoms with Crippen LogP contribution >= 0.6 is 0 Å². The SMILES string of the molecule is CCCCC.CCCCCOc1oc2ccccc2c(=O)c1-c1ccccc1. The maximum atomic E-state index is 12.9. The van der Waals surface area contributed by atoms with Crippen molar-refractivity contribution in [1.29, 1.82) is 0 Å². The van der Waals surface area contributed by atoms with Crippen LogP contribution in [0.5, 0.6) is 5.95 Å². The number of benzene rings is 2. The standard InChI is InChI=1S/C20H20O3.C5H12/c1-2-3-9-14-22-20-18(15-10-5-4-6-11-15)19(21)16-12-7-8-13-17(16)23-20;1-3-5-4-2/h4-8,10-13H,2-3,9,14H2,1H3;3-5H2,1-2H3. The van der Waals surface area contributed by atoms with Gasteiger partial charge < -0.3 is 9.15 Å². The van der Waals surface area contributed by atoms with Gasteiger partial charge in [0.25, 0.3) is 5.95 Å². The smallest absolute Gasteiger partial charge is 0.297 e. The van der Waals surface area contributed by atoms with Crippen LogP contribution in [0.1, 0.15) is 59.3 Å². The third-order valence-electron chi connectivity index (χ3n) is 4.52. The second-order valence-corrected chi connectivity index (χ2v) is 6.86. The Morgan fingerprint density at radius 2 is 1.43 bits per heavy atom. The first-order valence-corrected chi connectivity index (χ1v) is 10.5. The largest absolute Gasteiger partial charge is 0.465 e. The molecule has 0 bridgehead atoms. The highest BCUT2D eigenvalue weighted by atomic mass is 16.6. The van der Waals surface area contributed by atoms with E-state index in [1.807, 2.05) is 42.5 Å². The molecule has 0 radical (unpaired) electrons. The van der Waals surface area contributed by atoms with Crippen molar-refractivity contribution in [3.05, 3.63) is 64.8 Å². The zero-order valence-electron chi connectivity index (χ0n) is 17.4. The molecule has 150 valence electrons. The molecule has 3 nitrogen and oxygen atoms in total. The summed E-state index contributed by atoms with van der Waals surface area (Å²) in [4.78, 5) is 12.9. The molecule has 2 aromatic carbocycles. The highest BCUT2D eigenvalue weighted by molar-refractivity contribution is 5.83. The van der Waals surface area contributed by atoms with Crippen LogP contribution in [0.3, 0.4) is 0 Å². The Morgan fingerprint density at radius 1 is 0.786 bits per heavy atom. The lowest BCUT2D eigenvalue weighted by atomic mass is 10.1. The molecule has 0 saturated heterocycles. The molecule has 0 aliphatic rings. The van der Waals surface area contributed by atoms with Gasteiger partial charge in [-0.2, -0.15) is 0 Å². The molecule has 0 aliphatic carbocycles. The topological polar surface area (TPSA) is 39.4 Å². The van der Waals surface area contributed by atoms with Gasteiger partial charge in [0.2, 0.25) is 5.43 Å². The lowest BCUT2D eigenvalue weighted by molar-refractivity contribution is 0.241. The van der Waals surface area contributed by atoms with Crippen molar-refractivity contribution < 1.29 is 9.15 Å². The van der Waals surface area contributed by atoms with Crippen LogP contribution in [0.2, 0.25) is 0 Å². The molecule has 0 aliphatic heterocycles. The Bertz CT molecular complexity index is 879. The average molecular weight is 381 g/mol. The monoisotopic (exact) mass is 380 g/mol. The van der Waals surface area contributed by atoms with Gasteiger partial charge in [-0.3, -0.25) is 4.79 Å². The van der Waals surface area contributed by atoms with E-state index in [1.165, 1.54) is 19.3 Å². The van der Waals surface area contributed by atoms with Crippen molar-refractivity contribution >= 4 is 11.0 Å². The van der Waals surface area contributed by atoms with E-state index in [0.29, 0.717) is 29.1 Å². The summed E-state index contributed by atoms with van der Waals surface area (Å²) in [6, 6.07) is 16.8. The fourth-order valence-corrected chi connectivity index (χ4v) is 2.95. The van der Waals surface area contributed by atoms with Gasteiger partial charge in [0.15, 0.2) is 0 Å². The predicted octanol–water partition coefficient (Wildman–Crippen LogP) is 7.23. The minimum absolute atomic E-state index is 0.0523. The lowest BCUT2D eigenvalue weighted by Gasteiger charge is -2.11. The molecule has 0 amide bonds. The van der Waals surface area contributed by atoms with Gasteiger partial charge in [-0.25, -0.2) is 0 Å². The summed E-state index contributed by atoms with van der Waals surface area (Å²) in [5, 5.41) is 0.576. The quantitative estimate of drug-likeness (QED) is 0.387. The van der Waals surface area contributed by atoms with E-state index in [4.69, 9.17) is 9.15 Å². The molecular weight excluding hydrogens is 348 g/mol. The Morgan fingerprint density at radius 3 is 2.07 bits per heavy atom. The number of para-hydroxylation sites is 1. The minimum atomic E-state index is -0.0523. The maximum absolute atomic E-state index is 12.9. The van der Waals surface area contributed by atoms with Gasteiger partial charge in [-0.15, -0.1) is 0 Å². The van der Waals surface area contributed by atoms with Crippen molar-refractivity contribution in [2.24, 2.45) is 0 Å². The molecule has 0 fully saturated rings. The third-order valence-corrected chi connectivity index (χ3v) is 4.52. The van der Waals surface area contributed by atoms with Gasteiger partial charge in [0.1, 0.15) is 11.1 Å². The summed E-state index contributed by atoms with van der Waals surface area (Å²) < 4.78 is 11.7. The number of hydrogen-bond donors (Lipinski definition) is 0. The molecule has 0 atom stereocenters. The van der Waals surface area contributed by atoms with Gasteiger partial charge in [-0.1, -0.05) is 95.3 Å². The van der Waals surface area contributed by atoms with Crippen LogP contribution < -0.4 is 10.2 Å². The Labute approximate surface area is 168 Å². The molecule has 1 aromatic heterocycles. The first kappa shape index (κ1) is 21.7. The van der Waals surface area contributed by atoms with Gasteiger partial charge in [-0.05, 0) is 24.1 Å². The number of hydrogen-bond acceptors (Lipinski definition) is 3. The lowest BCUT2D eigenvalue weighted by Crippen LogP contribution is -2.09. The molecule has 28 heavy (non-hydrogen) atoms. The van der Waals surface area contributed by atoms with Crippen LogP contribution in [-0.4, -0.2) is 6.61 Å². The molecular formula is C25H32O3. The predicted molar refractivity (Wildman–Crippen MR) is 118 cm³/mol. The van der Waals surface area contributed by atoms with Crippen LogP contribution in [0.15, 0.2) is 63.8 Å². The van der Waals surface area contributed by atoms with E-state index in [9.17, 15) is 4.79 Å². The fourth-order valence-electron chi connectivity index (χ4n) is 2.95. The molecule has 1 heterocycles. The van der Waals surface area contributed by atoms with Gasteiger partial charge in [0, 0.05) is 0 Å². The first-order valence-electron chi connectivity index (χ1n) is 10.5. The summed E-state index contributed by atoms with van der Waals surface area (Å²) in [7, 11) is 0. The Kier molecular flexibility index (Phi) is 9.33. The maximum Gasteiger partial charge on any atom is 0.297 e. The van der Waals surface area contributed by atoms with E-state index in [2.05, 4.69) is 20.8 Å². The van der Waals surface area contributed by atoms with Crippen molar-refractivity contribution in [3.8, 4) is 17.1 Å². The van der Waals surface area contributed by atoms with Crippen LogP contribution in [0.4, 0.5) is 0 Å². The number of rotatable bonds is 8. The first-order chi connectivity index (χ1) is 13.7. The molecule has 0 spiro atoms. The molecule has 3 aromatic rings. The summed E-state index contributed by atoms with van der Waals surface area (Å²) in [6.45, 7) is 7.12. The van der Waals surface area contributed by atoms with Crippen molar-refractivity contribution in [3.63, 3.8) is 0 Å². The van der Waals surface area contributed by atoms with E-state index in [1.54, 1.807) is 12.1 Å². The number of ether oxygens (including phenoxy) is 1. The van der Waals surface area contributed by atoms with Crippen molar-refractivity contribution in [2.75, 3.05) is 6.61 Å². The second-order valence-electron chi connectivity index (χ2n) is 6.86. The normalized spacial score (nSPS) is 10.4. The number of fused-ring (bicyclic) bond motifs is 1. The summed E-state index contributed by atoms with van der Waals surface area (Å²) in [5.41, 5.74) is 1.82. The zero-order chi connectivity index (χ0) is 20.2. The van der Waals surface area contributed by atoms with Gasteiger partial charge >= 0.3 is 0 Å². The van der Waals surface area contributed by atoms with Crippen molar-refractivity contribution in [1.82, 2.24) is 0 Å². The molecule has 3 rings (SSSR count). The molecule has 3 heteroatoms. The fraction of sp³-hybridized carbons (Fsp3) is 0.400. The molecule has 0 saturated carbocycles. The van der Waals surface area contributed by atoms with E-state index in [-0.39, 0.29) is 5.43 Å². The van der Waals surface area contributed by atoms with E-state index >= 15 is 0 Å². The van der Waals surface area contributed by atoms with E-state index < -0.39 is 0 Å². The minimum Gasteiger partial charge on any atom is -0.465 e. The van der Waals surface area contributed by atoms with Gasteiger partial charge in [0.05, 0.1) is 12.0 Å². The highest BCUT2D eigenvalue weighted by Crippen LogP contribution is 2.30. The zero-order valence-corrected chi connectivity index (χ0v) is 17.4. The number of unbranched alkanes of at least 4 members (excludes halogenated alkanes) is 4. The second kappa shape index (κ2) is 12.0. The van der Waals surface area contributed by atoms with Crippen LogP contribution in [-0.2, 0) is 0 Å². The highest BCUT2D eigenvalue weighted by Gasteiger charge is 2.17. The Hall–Kier alpha value is -2.55. The third kappa shape index (κ3) is 5.98. The van der Waals surface area contributed by atoms with Crippen LogP contribution in [0, 0.1) is 0 Å². The molecule has 0 unspecified atom stereocenters. The molecule has 0 N–H and O–H groups in total. The summed E-state index contributed by atoms with van der Waals surface area (Å²) in [6.07, 6.45) is 7.24. The van der Waals surface area contributed by atoms with Crippen molar-refractivity contribution in [2.45, 2.75) is 59.3 Å². The van der Waals surface area contributed by atoms with Crippen LogP contribution in [0.25, 0.3) is 22.1 Å². The summed E-state index contributed by atoms with van der Waals surface area (Å²) in [5.74, 6) is 0.316. The van der Waals surface area contributed by atoms with E-state index in [0.717, 1.165) is 24.8 Å². The Balaban J connectivity index is 0.000000500. The average Bonchev–Trinajstić information content (AvgIpc) is 2.73.